The molecule has 2 unspecified atom stereocenters. The van der Waals surface area contributed by atoms with E-state index in [4.69, 9.17) is 0 Å². The fourth-order valence-corrected chi connectivity index (χ4v) is 2.37. The van der Waals surface area contributed by atoms with Gasteiger partial charge in [0.15, 0.2) is 0 Å². The van der Waals surface area contributed by atoms with Crippen molar-refractivity contribution >= 4 is 11.9 Å². The molecule has 0 aliphatic carbocycles. The van der Waals surface area contributed by atoms with Crippen molar-refractivity contribution in [2.45, 2.75) is 79.1 Å². The highest BCUT2D eigenvalue weighted by Gasteiger charge is 2.07. The third kappa shape index (κ3) is 11.9. The summed E-state index contributed by atoms with van der Waals surface area (Å²) in [5.41, 5.74) is 0. The van der Waals surface area contributed by atoms with E-state index in [0.717, 1.165) is 51.4 Å². The van der Waals surface area contributed by atoms with E-state index >= 15 is 0 Å². The highest BCUT2D eigenvalue weighted by molar-refractivity contribution is 5.85. The van der Waals surface area contributed by atoms with Crippen LogP contribution in [-0.2, 0) is 19.4 Å². The zero-order valence-electron chi connectivity index (χ0n) is 15.8. The van der Waals surface area contributed by atoms with Crippen LogP contribution in [0.5, 0.6) is 0 Å². The average molecular weight is 338 g/mol. The Kier molecular flexibility index (Phi) is 14.0. The molecule has 24 heavy (non-hydrogen) atoms. The zero-order chi connectivity index (χ0) is 18.2. The molecule has 0 N–H and O–H groups in total. The molecule has 0 rings (SSSR count). The summed E-state index contributed by atoms with van der Waals surface area (Å²) in [4.78, 5) is 32.2. The van der Waals surface area contributed by atoms with Crippen LogP contribution in [0.4, 0.5) is 0 Å². The molecular formula is C20H34O4. The smallest absolute Gasteiger partial charge is 0.242 e. The molecule has 2 atom stereocenters. The summed E-state index contributed by atoms with van der Waals surface area (Å²) in [6, 6.07) is 0. The lowest BCUT2D eigenvalue weighted by molar-refractivity contribution is -0.250. The number of hydrogen-bond donors (Lipinski definition) is 0. The van der Waals surface area contributed by atoms with Gasteiger partial charge in [0.05, 0.1) is 0 Å². The molecule has 0 aromatic rings. The normalized spacial score (nSPS) is 14.0. The van der Waals surface area contributed by atoms with Crippen molar-refractivity contribution in [3.8, 4) is 0 Å². The van der Waals surface area contributed by atoms with Crippen molar-refractivity contribution in [2.75, 3.05) is 0 Å². The zero-order valence-corrected chi connectivity index (χ0v) is 15.8. The minimum atomic E-state index is -0.648. The van der Waals surface area contributed by atoms with E-state index in [-0.39, 0.29) is 0 Å². The van der Waals surface area contributed by atoms with E-state index < -0.39 is 11.9 Å². The van der Waals surface area contributed by atoms with E-state index in [1.807, 2.05) is 12.2 Å². The number of carbonyl (C=O) groups excluding carboxylic acids is 2. The molecule has 0 fully saturated rings. The summed E-state index contributed by atoms with van der Waals surface area (Å²) >= 11 is 0. The first-order chi connectivity index (χ1) is 11.6. The lowest BCUT2D eigenvalue weighted by Crippen LogP contribution is -2.08. The van der Waals surface area contributed by atoms with E-state index in [1.165, 1.54) is 12.2 Å². The number of unbranched alkanes of at least 4 members (excludes halogenated alkanes) is 2. The van der Waals surface area contributed by atoms with E-state index in [9.17, 15) is 9.59 Å². The third-order valence-electron chi connectivity index (χ3n) is 4.12. The number of allylic oxidation sites excluding steroid dienone is 2. The Balaban J connectivity index is 4.17. The largest absolute Gasteiger partial charge is 0.378 e. The van der Waals surface area contributed by atoms with Gasteiger partial charge in [0.25, 0.3) is 0 Å². The number of rotatable bonds is 12. The van der Waals surface area contributed by atoms with Crippen molar-refractivity contribution in [3.63, 3.8) is 0 Å². The molecule has 0 aromatic heterocycles. The van der Waals surface area contributed by atoms with Crippen molar-refractivity contribution in [1.82, 2.24) is 0 Å². The second-order valence-corrected chi connectivity index (χ2v) is 6.14. The van der Waals surface area contributed by atoms with Crippen molar-refractivity contribution in [1.29, 1.82) is 0 Å². The van der Waals surface area contributed by atoms with E-state index in [1.54, 1.807) is 0 Å². The maximum absolute atomic E-state index is 11.6. The van der Waals surface area contributed by atoms with Crippen LogP contribution in [0.2, 0.25) is 0 Å². The first-order valence-electron chi connectivity index (χ1n) is 9.36. The maximum atomic E-state index is 11.6. The Bertz CT molecular complexity index is 360. The summed E-state index contributed by atoms with van der Waals surface area (Å²) < 4.78 is 0. The second kappa shape index (κ2) is 15.0. The van der Waals surface area contributed by atoms with Crippen molar-refractivity contribution in [3.05, 3.63) is 24.3 Å². The van der Waals surface area contributed by atoms with Gasteiger partial charge in [-0.3, -0.25) is 0 Å². The molecule has 0 spiro atoms. The monoisotopic (exact) mass is 338 g/mol. The van der Waals surface area contributed by atoms with Crippen LogP contribution >= 0.6 is 0 Å². The summed E-state index contributed by atoms with van der Waals surface area (Å²) in [6.07, 6.45) is 14.9. The third-order valence-corrected chi connectivity index (χ3v) is 4.12. The lowest BCUT2D eigenvalue weighted by Gasteiger charge is -2.08. The fourth-order valence-electron chi connectivity index (χ4n) is 2.37. The number of hydrogen-bond acceptors (Lipinski definition) is 4. The average Bonchev–Trinajstić information content (AvgIpc) is 2.60. The van der Waals surface area contributed by atoms with Gasteiger partial charge in [-0.05, 0) is 37.5 Å². The Morgan fingerprint density at radius 3 is 1.42 bits per heavy atom. The Morgan fingerprint density at radius 1 is 0.750 bits per heavy atom. The summed E-state index contributed by atoms with van der Waals surface area (Å²) in [7, 11) is 0. The van der Waals surface area contributed by atoms with Crippen LogP contribution in [0, 0.1) is 11.8 Å². The molecule has 0 aromatic carbocycles. The SMILES string of the molecule is CCCCC(/C=C/C(=O)OOC(=O)/C=C/C(CC)CCCC)CC. The van der Waals surface area contributed by atoms with E-state index in [2.05, 4.69) is 37.5 Å². The molecule has 0 saturated carbocycles. The van der Waals surface area contributed by atoms with Gasteiger partial charge >= 0.3 is 11.9 Å². The van der Waals surface area contributed by atoms with Crippen LogP contribution in [0.3, 0.4) is 0 Å². The van der Waals surface area contributed by atoms with Gasteiger partial charge < -0.3 is 0 Å². The highest BCUT2D eigenvalue weighted by Crippen LogP contribution is 2.14. The first-order valence-corrected chi connectivity index (χ1v) is 9.36. The topological polar surface area (TPSA) is 52.6 Å². The second-order valence-electron chi connectivity index (χ2n) is 6.14. The van der Waals surface area contributed by atoms with E-state index in [0.29, 0.717) is 11.8 Å². The molecule has 4 heteroatoms. The summed E-state index contributed by atoms with van der Waals surface area (Å²) in [5, 5.41) is 0. The molecule has 4 nitrogen and oxygen atoms in total. The van der Waals surface area contributed by atoms with Gasteiger partial charge in [0.1, 0.15) is 0 Å². The quantitative estimate of drug-likeness (QED) is 0.266. The highest BCUT2D eigenvalue weighted by atomic mass is 17.2. The van der Waals surface area contributed by atoms with Gasteiger partial charge in [-0.1, -0.05) is 65.5 Å². The lowest BCUT2D eigenvalue weighted by atomic mass is 9.99. The van der Waals surface area contributed by atoms with Gasteiger partial charge in [-0.25, -0.2) is 19.4 Å². The Labute approximate surface area is 147 Å². The standard InChI is InChI=1S/C20H34O4/c1-5-9-11-17(7-3)13-15-19(21)23-24-20(22)16-14-18(8-4)12-10-6-2/h13-18H,5-12H2,1-4H3/b15-13+,16-14+. The van der Waals surface area contributed by atoms with Crippen LogP contribution in [-0.4, -0.2) is 11.9 Å². The van der Waals surface area contributed by atoms with Crippen LogP contribution in [0.15, 0.2) is 24.3 Å². The summed E-state index contributed by atoms with van der Waals surface area (Å²) in [5.74, 6) is -0.580. The van der Waals surface area contributed by atoms with Gasteiger partial charge in [-0.15, -0.1) is 0 Å². The molecule has 0 bridgehead atoms. The van der Waals surface area contributed by atoms with Crippen LogP contribution in [0.25, 0.3) is 0 Å². The first kappa shape index (κ1) is 22.4. The molecule has 138 valence electrons. The minimum absolute atomic E-state index is 0.358. The fraction of sp³-hybridized carbons (Fsp3) is 0.700. The molecule has 0 aliphatic heterocycles. The predicted molar refractivity (Wildman–Crippen MR) is 97.1 cm³/mol. The van der Waals surface area contributed by atoms with Gasteiger partial charge in [0, 0.05) is 12.2 Å². The summed E-state index contributed by atoms with van der Waals surface area (Å²) in [6.45, 7) is 8.46. The molecule has 0 aliphatic rings. The van der Waals surface area contributed by atoms with Crippen molar-refractivity contribution < 1.29 is 19.4 Å². The molecular weight excluding hydrogens is 304 g/mol. The molecule has 0 saturated heterocycles. The van der Waals surface area contributed by atoms with Crippen molar-refractivity contribution in [2.24, 2.45) is 11.8 Å². The predicted octanol–water partition coefficient (Wildman–Crippen LogP) is 5.53. The molecule has 0 amide bonds. The molecule has 0 heterocycles. The van der Waals surface area contributed by atoms with Gasteiger partial charge in [0.2, 0.25) is 0 Å². The minimum Gasteiger partial charge on any atom is -0.242 e. The van der Waals surface area contributed by atoms with Gasteiger partial charge in [-0.2, -0.15) is 0 Å². The number of carbonyl (C=O) groups is 2. The Morgan fingerprint density at radius 2 is 1.12 bits per heavy atom. The van der Waals surface area contributed by atoms with Crippen LogP contribution in [0.1, 0.15) is 79.1 Å². The molecule has 0 radical (unpaired) electrons. The Hall–Kier alpha value is -1.58. The van der Waals surface area contributed by atoms with Crippen LogP contribution < -0.4 is 0 Å². The maximum Gasteiger partial charge on any atom is 0.378 e.